The van der Waals surface area contributed by atoms with Gasteiger partial charge in [-0.2, -0.15) is 0 Å². The van der Waals surface area contributed by atoms with Crippen molar-refractivity contribution >= 4 is 5.97 Å². The van der Waals surface area contributed by atoms with Crippen molar-refractivity contribution in [3.8, 4) is 5.75 Å². The van der Waals surface area contributed by atoms with Crippen LogP contribution in [0.2, 0.25) is 0 Å². The summed E-state index contributed by atoms with van der Waals surface area (Å²) >= 11 is 0. The van der Waals surface area contributed by atoms with Crippen LogP contribution in [-0.2, 0) is 20.7 Å². The van der Waals surface area contributed by atoms with Crippen molar-refractivity contribution in [3.63, 3.8) is 0 Å². The Morgan fingerprint density at radius 2 is 1.88 bits per heavy atom. The second-order valence-corrected chi connectivity index (χ2v) is 10.3. The molecule has 8 nitrogen and oxygen atoms in total. The SMILES string of the molecule is C[C@]12CC[C@@H]3c4ccc(O)cc4CC[C@H]3[C@@H]1CC[C@@H]2O[C@@H]1O[C@H](C(=O)O)[C@@H](O)[C@H](O)[C@H]1O. The van der Waals surface area contributed by atoms with Gasteiger partial charge in [0, 0.05) is 0 Å². The molecule has 0 bridgehead atoms. The zero-order valence-electron chi connectivity index (χ0n) is 18.1. The Labute approximate surface area is 186 Å². The number of benzene rings is 1. The number of phenolic OH excluding ortho intramolecular Hbond substituents is 1. The van der Waals surface area contributed by atoms with E-state index in [0.29, 0.717) is 23.5 Å². The van der Waals surface area contributed by atoms with Gasteiger partial charge >= 0.3 is 5.97 Å². The molecule has 10 atom stereocenters. The largest absolute Gasteiger partial charge is 0.508 e. The van der Waals surface area contributed by atoms with Crippen LogP contribution < -0.4 is 0 Å². The maximum absolute atomic E-state index is 11.4. The smallest absolute Gasteiger partial charge is 0.335 e. The molecule has 176 valence electrons. The lowest BCUT2D eigenvalue weighted by Gasteiger charge is -2.51. The van der Waals surface area contributed by atoms with Crippen molar-refractivity contribution in [2.24, 2.45) is 17.3 Å². The molecule has 1 aliphatic heterocycles. The lowest BCUT2D eigenvalue weighted by Crippen LogP contribution is -2.61. The number of rotatable bonds is 3. The van der Waals surface area contributed by atoms with Crippen molar-refractivity contribution in [2.45, 2.75) is 88.2 Å². The first kappa shape index (κ1) is 22.1. The Morgan fingerprint density at radius 1 is 1.09 bits per heavy atom. The Kier molecular flexibility index (Phi) is 5.49. The Hall–Kier alpha value is -1.71. The molecule has 0 amide bonds. The fourth-order valence-corrected chi connectivity index (χ4v) is 7.07. The Bertz CT molecular complexity index is 889. The highest BCUT2D eigenvalue weighted by Gasteiger charge is 2.57. The van der Waals surface area contributed by atoms with Gasteiger partial charge in [-0.3, -0.25) is 0 Å². The molecule has 0 radical (unpaired) electrons. The van der Waals surface area contributed by atoms with E-state index < -0.39 is 36.7 Å². The molecule has 0 spiro atoms. The van der Waals surface area contributed by atoms with Crippen molar-refractivity contribution < 1.29 is 39.8 Å². The first-order valence-corrected chi connectivity index (χ1v) is 11.6. The van der Waals surface area contributed by atoms with E-state index in [1.54, 1.807) is 6.07 Å². The van der Waals surface area contributed by atoms with Crippen LogP contribution in [0.3, 0.4) is 0 Å². The number of hydrogen-bond donors (Lipinski definition) is 5. The third-order valence-corrected chi connectivity index (χ3v) is 8.73. The van der Waals surface area contributed by atoms with E-state index in [0.717, 1.165) is 38.5 Å². The van der Waals surface area contributed by atoms with Crippen LogP contribution in [0.15, 0.2) is 18.2 Å². The predicted molar refractivity (Wildman–Crippen MR) is 112 cm³/mol. The first-order chi connectivity index (χ1) is 15.2. The van der Waals surface area contributed by atoms with Gasteiger partial charge in [0.25, 0.3) is 0 Å². The first-order valence-electron chi connectivity index (χ1n) is 11.6. The van der Waals surface area contributed by atoms with Crippen molar-refractivity contribution in [1.82, 2.24) is 0 Å². The van der Waals surface area contributed by atoms with Crippen molar-refractivity contribution in [1.29, 1.82) is 0 Å². The molecular formula is C24H32O8. The number of aromatic hydroxyl groups is 1. The van der Waals surface area contributed by atoms with Crippen LogP contribution in [0.5, 0.6) is 5.75 Å². The number of hydrogen-bond acceptors (Lipinski definition) is 7. The molecule has 4 aliphatic rings. The van der Waals surface area contributed by atoms with Crippen LogP contribution in [0, 0.1) is 17.3 Å². The summed E-state index contributed by atoms with van der Waals surface area (Å²) in [6.07, 6.45) is -2.38. The second kappa shape index (κ2) is 7.95. The van der Waals surface area contributed by atoms with Crippen molar-refractivity contribution in [3.05, 3.63) is 29.3 Å². The highest BCUT2D eigenvalue weighted by Crippen LogP contribution is 2.61. The highest BCUT2D eigenvalue weighted by molar-refractivity contribution is 5.73. The fourth-order valence-electron chi connectivity index (χ4n) is 7.07. The summed E-state index contributed by atoms with van der Waals surface area (Å²) < 4.78 is 11.5. The lowest BCUT2D eigenvalue weighted by molar-refractivity contribution is -0.312. The van der Waals surface area contributed by atoms with Gasteiger partial charge in [-0.25, -0.2) is 4.79 Å². The maximum atomic E-state index is 11.4. The molecule has 0 unspecified atom stereocenters. The van der Waals surface area contributed by atoms with Gasteiger partial charge in [-0.1, -0.05) is 13.0 Å². The number of aryl methyl sites for hydroxylation is 1. The van der Waals surface area contributed by atoms with E-state index in [-0.39, 0.29) is 11.5 Å². The van der Waals surface area contributed by atoms with Crippen LogP contribution in [0.25, 0.3) is 0 Å². The van der Waals surface area contributed by atoms with Gasteiger partial charge in [0.2, 0.25) is 0 Å². The Morgan fingerprint density at radius 3 is 2.62 bits per heavy atom. The van der Waals surface area contributed by atoms with E-state index in [1.807, 2.05) is 6.07 Å². The molecule has 5 N–H and O–H groups in total. The molecule has 1 heterocycles. The number of ether oxygens (including phenoxy) is 2. The summed E-state index contributed by atoms with van der Waals surface area (Å²) in [4.78, 5) is 11.4. The Balaban J connectivity index is 1.34. The van der Waals surface area contributed by atoms with Crippen molar-refractivity contribution in [2.75, 3.05) is 0 Å². The quantitative estimate of drug-likeness (QED) is 0.470. The number of aliphatic hydroxyl groups excluding tert-OH is 3. The zero-order chi connectivity index (χ0) is 22.8. The topological polar surface area (TPSA) is 137 Å². The maximum Gasteiger partial charge on any atom is 0.335 e. The molecule has 1 aromatic carbocycles. The van der Waals surface area contributed by atoms with E-state index in [2.05, 4.69) is 13.0 Å². The monoisotopic (exact) mass is 448 g/mol. The third-order valence-electron chi connectivity index (χ3n) is 8.73. The zero-order valence-corrected chi connectivity index (χ0v) is 18.1. The molecule has 2 saturated carbocycles. The van der Waals surface area contributed by atoms with Gasteiger partial charge in [0.1, 0.15) is 24.1 Å². The minimum absolute atomic E-state index is 0.140. The number of carboxylic acid groups (broad SMARTS) is 1. The average molecular weight is 449 g/mol. The molecular weight excluding hydrogens is 416 g/mol. The normalized spacial score (nSPS) is 45.6. The summed E-state index contributed by atoms with van der Waals surface area (Å²) in [6.45, 7) is 2.22. The number of aliphatic hydroxyl groups is 3. The van der Waals surface area contributed by atoms with Crippen LogP contribution in [0.4, 0.5) is 0 Å². The number of phenols is 1. The molecule has 32 heavy (non-hydrogen) atoms. The fraction of sp³-hybridized carbons (Fsp3) is 0.708. The van der Waals surface area contributed by atoms with Gasteiger partial charge in [0.15, 0.2) is 12.4 Å². The predicted octanol–water partition coefficient (Wildman–Crippen LogP) is 1.53. The number of carbonyl (C=O) groups is 1. The molecule has 3 fully saturated rings. The molecule has 5 rings (SSSR count). The lowest BCUT2D eigenvalue weighted by atomic mass is 9.55. The molecule has 1 aromatic rings. The number of carboxylic acids is 1. The van der Waals surface area contributed by atoms with E-state index in [1.165, 1.54) is 11.1 Å². The number of aliphatic carboxylic acids is 1. The molecule has 8 heteroatoms. The summed E-state index contributed by atoms with van der Waals surface area (Å²) in [5.74, 6) is 0.312. The summed E-state index contributed by atoms with van der Waals surface area (Å²) in [5.41, 5.74) is 2.45. The standard InChI is InChI=1S/C24H32O8/c1-24-9-8-14-13-5-3-12(25)10-11(13)2-4-15(14)16(24)6-7-17(24)31-23-20(28)18(26)19(27)21(32-23)22(29)30/h3,5,10,14-21,23,25-28H,2,4,6-9H2,1H3,(H,29,30)/t14-,15-,16+,17+,18+,19+,20-,21+,23-,24+/m1/s1. The van der Waals surface area contributed by atoms with E-state index in [9.17, 15) is 30.3 Å². The van der Waals surface area contributed by atoms with Crippen LogP contribution >= 0.6 is 0 Å². The summed E-state index contributed by atoms with van der Waals surface area (Å²) in [6, 6.07) is 5.73. The van der Waals surface area contributed by atoms with E-state index >= 15 is 0 Å². The average Bonchev–Trinajstić information content (AvgIpc) is 3.09. The number of fused-ring (bicyclic) bond motifs is 5. The van der Waals surface area contributed by atoms with E-state index in [4.69, 9.17) is 9.47 Å². The van der Waals surface area contributed by atoms with Gasteiger partial charge < -0.3 is 35.0 Å². The highest BCUT2D eigenvalue weighted by atomic mass is 16.7. The minimum atomic E-state index is -1.72. The summed E-state index contributed by atoms with van der Waals surface area (Å²) in [7, 11) is 0. The van der Waals surface area contributed by atoms with Gasteiger partial charge in [-0.15, -0.1) is 0 Å². The third kappa shape index (κ3) is 3.35. The second-order valence-electron chi connectivity index (χ2n) is 10.3. The van der Waals surface area contributed by atoms with Crippen LogP contribution in [-0.4, -0.2) is 68.3 Å². The molecule has 0 aromatic heterocycles. The van der Waals surface area contributed by atoms with Gasteiger partial charge in [0.05, 0.1) is 6.10 Å². The van der Waals surface area contributed by atoms with Gasteiger partial charge in [-0.05, 0) is 85.0 Å². The molecule has 1 saturated heterocycles. The minimum Gasteiger partial charge on any atom is -0.508 e. The van der Waals surface area contributed by atoms with Crippen LogP contribution in [0.1, 0.15) is 56.1 Å². The summed E-state index contributed by atoms with van der Waals surface area (Å²) in [5, 5.41) is 49.6. The molecule has 3 aliphatic carbocycles.